The second kappa shape index (κ2) is 11.6. The van der Waals surface area contributed by atoms with Gasteiger partial charge in [0.2, 0.25) is 11.8 Å². The molecule has 2 amide bonds. The Kier molecular flexibility index (Phi) is 9.19. The van der Waals surface area contributed by atoms with E-state index in [9.17, 15) is 9.59 Å². The molecule has 0 saturated heterocycles. The van der Waals surface area contributed by atoms with Crippen molar-refractivity contribution in [3.05, 3.63) is 64.1 Å². The van der Waals surface area contributed by atoms with Crippen molar-refractivity contribution in [2.45, 2.75) is 13.3 Å². The summed E-state index contributed by atoms with van der Waals surface area (Å²) in [7, 11) is 0. The maximum Gasteiger partial charge on any atom is 0.250 e. The van der Waals surface area contributed by atoms with Gasteiger partial charge in [-0.25, -0.2) is 0 Å². The van der Waals surface area contributed by atoms with Crippen molar-refractivity contribution in [3.8, 4) is 0 Å². The van der Waals surface area contributed by atoms with Crippen LogP contribution in [0, 0.1) is 0 Å². The Morgan fingerprint density at radius 2 is 1.50 bits per heavy atom. The summed E-state index contributed by atoms with van der Waals surface area (Å²) in [6.07, 6.45) is 3.23. The third kappa shape index (κ3) is 8.08. The number of thiocarbonyl (C=S) groups is 2. The van der Waals surface area contributed by atoms with Gasteiger partial charge in [0, 0.05) is 33.9 Å². The monoisotopic (exact) mass is 480 g/mol. The van der Waals surface area contributed by atoms with Crippen LogP contribution in [-0.4, -0.2) is 22.0 Å². The highest BCUT2D eigenvalue weighted by molar-refractivity contribution is 7.80. The van der Waals surface area contributed by atoms with Crippen molar-refractivity contribution < 1.29 is 9.59 Å². The molecule has 0 aliphatic rings. The van der Waals surface area contributed by atoms with Crippen molar-refractivity contribution in [2.75, 3.05) is 10.6 Å². The fourth-order valence-corrected chi connectivity index (χ4v) is 3.05. The lowest BCUT2D eigenvalue weighted by atomic mass is 10.2. The molecule has 0 radical (unpaired) electrons. The minimum absolute atomic E-state index is 0.137. The van der Waals surface area contributed by atoms with Crippen molar-refractivity contribution in [1.29, 1.82) is 0 Å². The average Bonchev–Trinajstić information content (AvgIpc) is 2.68. The second-order valence-corrected chi connectivity index (χ2v) is 7.54. The van der Waals surface area contributed by atoms with Crippen molar-refractivity contribution in [2.24, 2.45) is 0 Å². The van der Waals surface area contributed by atoms with E-state index >= 15 is 0 Å². The number of hydrogen-bond acceptors (Lipinski definition) is 4. The number of carbonyl (C=O) groups excluding carboxylic acids is 2. The fraction of sp³-hybridized carbons (Fsp3) is 0.100. The normalized spacial score (nSPS) is 10.4. The number of anilines is 2. The first-order valence-corrected chi connectivity index (χ1v) is 10.3. The lowest BCUT2D eigenvalue weighted by Crippen LogP contribution is -2.33. The van der Waals surface area contributed by atoms with E-state index in [1.165, 1.54) is 6.08 Å². The van der Waals surface area contributed by atoms with E-state index in [0.29, 0.717) is 33.4 Å². The topological polar surface area (TPSA) is 82.3 Å². The standard InChI is InChI=1S/C20H18Cl2N4O2S2/c1-2-17(27)25-19(29)23-14-6-8-15(9-7-14)24-20(30)26-18(28)10-4-12-3-5-13(21)11-16(12)22/h3-11H,2H2,1H3,(H2,23,25,27,29)(H2,24,26,28,30)/b10-4+. The highest BCUT2D eigenvalue weighted by Crippen LogP contribution is 2.21. The first kappa shape index (κ1) is 23.8. The van der Waals surface area contributed by atoms with Gasteiger partial charge in [0.05, 0.1) is 0 Å². The predicted octanol–water partition coefficient (Wildman–Crippen LogP) is 4.74. The lowest BCUT2D eigenvalue weighted by molar-refractivity contribution is -0.119. The van der Waals surface area contributed by atoms with Gasteiger partial charge in [-0.1, -0.05) is 36.2 Å². The Bertz CT molecular complexity index is 995. The second-order valence-electron chi connectivity index (χ2n) is 5.88. The minimum atomic E-state index is -0.409. The third-order valence-electron chi connectivity index (χ3n) is 3.59. The Morgan fingerprint density at radius 1 is 0.933 bits per heavy atom. The fourth-order valence-electron chi connectivity index (χ4n) is 2.13. The Labute approximate surface area is 195 Å². The summed E-state index contributed by atoms with van der Waals surface area (Å²) in [4.78, 5) is 23.3. The van der Waals surface area contributed by atoms with Gasteiger partial charge in [-0.15, -0.1) is 0 Å². The molecule has 4 N–H and O–H groups in total. The smallest absolute Gasteiger partial charge is 0.250 e. The van der Waals surface area contributed by atoms with Gasteiger partial charge in [-0.2, -0.15) is 0 Å². The number of hydrogen-bond donors (Lipinski definition) is 4. The quantitative estimate of drug-likeness (QED) is 0.365. The van der Waals surface area contributed by atoms with E-state index in [-0.39, 0.29) is 16.1 Å². The van der Waals surface area contributed by atoms with E-state index in [0.717, 1.165) is 0 Å². The summed E-state index contributed by atoms with van der Waals surface area (Å²) < 4.78 is 0. The summed E-state index contributed by atoms with van der Waals surface area (Å²) >= 11 is 22.1. The van der Waals surface area contributed by atoms with Gasteiger partial charge < -0.3 is 16.0 Å². The summed E-state index contributed by atoms with van der Waals surface area (Å²) in [5.41, 5.74) is 2.02. The molecule has 0 aliphatic heterocycles. The molecule has 0 aliphatic carbocycles. The summed E-state index contributed by atoms with van der Waals surface area (Å²) in [5, 5.41) is 12.2. The van der Waals surface area contributed by atoms with E-state index in [2.05, 4.69) is 21.3 Å². The van der Waals surface area contributed by atoms with Crippen LogP contribution >= 0.6 is 47.6 Å². The molecular weight excluding hydrogens is 463 g/mol. The summed E-state index contributed by atoms with van der Waals surface area (Å²) in [6.45, 7) is 1.74. The molecule has 6 nitrogen and oxygen atoms in total. The first-order valence-electron chi connectivity index (χ1n) is 8.73. The number of nitrogens with one attached hydrogen (secondary N) is 4. The third-order valence-corrected chi connectivity index (χ3v) is 4.56. The molecule has 0 atom stereocenters. The maximum absolute atomic E-state index is 12.0. The van der Waals surface area contributed by atoms with Crippen LogP contribution < -0.4 is 21.3 Å². The Balaban J connectivity index is 1.85. The van der Waals surface area contributed by atoms with Gasteiger partial charge in [0.15, 0.2) is 10.2 Å². The molecule has 0 bridgehead atoms. The summed E-state index contributed by atoms with van der Waals surface area (Å²) in [5.74, 6) is -0.576. The van der Waals surface area contributed by atoms with Gasteiger partial charge in [0.1, 0.15) is 0 Å². The molecular formula is C20H18Cl2N4O2S2. The van der Waals surface area contributed by atoms with Gasteiger partial charge in [-0.05, 0) is 72.5 Å². The molecule has 0 spiro atoms. The largest absolute Gasteiger partial charge is 0.332 e. The van der Waals surface area contributed by atoms with Gasteiger partial charge >= 0.3 is 0 Å². The number of carbonyl (C=O) groups is 2. The van der Waals surface area contributed by atoms with Gasteiger partial charge in [0.25, 0.3) is 0 Å². The first-order chi connectivity index (χ1) is 14.3. The molecule has 0 heterocycles. The van der Waals surface area contributed by atoms with Crippen LogP contribution in [0.2, 0.25) is 10.0 Å². The minimum Gasteiger partial charge on any atom is -0.332 e. The van der Waals surface area contributed by atoms with Crippen LogP contribution in [-0.2, 0) is 9.59 Å². The molecule has 2 aromatic rings. The highest BCUT2D eigenvalue weighted by atomic mass is 35.5. The SMILES string of the molecule is CCC(=O)NC(=S)Nc1ccc(NC(=S)NC(=O)/C=C/c2ccc(Cl)cc2Cl)cc1. The van der Waals surface area contributed by atoms with E-state index in [1.54, 1.807) is 55.5 Å². The van der Waals surface area contributed by atoms with Crippen LogP contribution in [0.5, 0.6) is 0 Å². The van der Waals surface area contributed by atoms with Crippen LogP contribution in [0.3, 0.4) is 0 Å². The number of benzene rings is 2. The Morgan fingerprint density at radius 3 is 2.03 bits per heavy atom. The molecule has 0 fully saturated rings. The molecule has 30 heavy (non-hydrogen) atoms. The molecule has 156 valence electrons. The zero-order chi connectivity index (χ0) is 22.1. The van der Waals surface area contributed by atoms with E-state index in [1.807, 2.05) is 0 Å². The number of amides is 2. The van der Waals surface area contributed by atoms with Crippen molar-refractivity contribution >= 4 is 87.1 Å². The highest BCUT2D eigenvalue weighted by Gasteiger charge is 2.05. The zero-order valence-corrected chi connectivity index (χ0v) is 18.9. The van der Waals surface area contributed by atoms with E-state index < -0.39 is 5.91 Å². The Hall–Kier alpha value is -2.52. The molecule has 2 aromatic carbocycles. The van der Waals surface area contributed by atoms with E-state index in [4.69, 9.17) is 47.6 Å². The maximum atomic E-state index is 12.0. The van der Waals surface area contributed by atoms with Crippen molar-refractivity contribution in [3.63, 3.8) is 0 Å². The molecule has 2 rings (SSSR count). The predicted molar refractivity (Wildman–Crippen MR) is 131 cm³/mol. The number of halogens is 2. The van der Waals surface area contributed by atoms with Gasteiger partial charge in [-0.3, -0.25) is 14.9 Å². The average molecular weight is 481 g/mol. The number of rotatable bonds is 5. The van der Waals surface area contributed by atoms with Crippen LogP contribution in [0.15, 0.2) is 48.5 Å². The molecule has 0 aromatic heterocycles. The van der Waals surface area contributed by atoms with Crippen LogP contribution in [0.4, 0.5) is 11.4 Å². The van der Waals surface area contributed by atoms with Crippen molar-refractivity contribution in [1.82, 2.24) is 10.6 Å². The lowest BCUT2D eigenvalue weighted by Gasteiger charge is -2.11. The molecule has 0 unspecified atom stereocenters. The summed E-state index contributed by atoms with van der Waals surface area (Å²) in [6, 6.07) is 12.0. The molecule has 10 heteroatoms. The zero-order valence-electron chi connectivity index (χ0n) is 15.8. The van der Waals surface area contributed by atoms with Crippen LogP contribution in [0.25, 0.3) is 6.08 Å². The van der Waals surface area contributed by atoms with Crippen LogP contribution in [0.1, 0.15) is 18.9 Å². The molecule has 0 saturated carbocycles.